The van der Waals surface area contributed by atoms with E-state index in [1.807, 2.05) is 0 Å². The summed E-state index contributed by atoms with van der Waals surface area (Å²) in [4.78, 5) is 23.5. The summed E-state index contributed by atoms with van der Waals surface area (Å²) in [5.74, 6) is -2.26. The van der Waals surface area contributed by atoms with Crippen molar-refractivity contribution in [1.82, 2.24) is 0 Å². The highest BCUT2D eigenvalue weighted by Gasteiger charge is 2.13. The van der Waals surface area contributed by atoms with Crippen LogP contribution >= 0.6 is 0 Å². The molecule has 2 N–H and O–H groups in total. The van der Waals surface area contributed by atoms with Crippen molar-refractivity contribution in [3.8, 4) is 5.75 Å². The van der Waals surface area contributed by atoms with Crippen LogP contribution in [0.25, 0.3) is 0 Å². The van der Waals surface area contributed by atoms with Crippen molar-refractivity contribution < 1.29 is 28.2 Å². The molecule has 0 aliphatic carbocycles. The van der Waals surface area contributed by atoms with Crippen molar-refractivity contribution in [2.75, 3.05) is 17.3 Å². The summed E-state index contributed by atoms with van der Waals surface area (Å²) in [6.45, 7) is 0. The van der Waals surface area contributed by atoms with Crippen molar-refractivity contribution in [3.63, 3.8) is 0 Å². The molecule has 0 heterocycles. The molecule has 0 atom stereocenters. The van der Waals surface area contributed by atoms with Gasteiger partial charge in [0.1, 0.15) is 5.75 Å². The average Bonchev–Trinajstić information content (AvgIpc) is 2.51. The minimum Gasteiger partial charge on any atom is -0.465 e. The number of carbonyl (C=O) groups excluding carboxylic acids is 1. The molecule has 2 rings (SSSR count). The van der Waals surface area contributed by atoms with E-state index in [9.17, 15) is 18.4 Å². The number of hydrogen-bond acceptors (Lipinski definition) is 3. The molecule has 0 aromatic heterocycles. The maximum atomic E-state index is 13.4. The van der Waals surface area contributed by atoms with Gasteiger partial charge in [-0.25, -0.2) is 18.4 Å². The lowest BCUT2D eigenvalue weighted by molar-refractivity contribution is 0.203. The molecule has 2 aromatic carbocycles. The third-order valence-electron chi connectivity index (χ3n) is 2.89. The topological polar surface area (TPSA) is 78.9 Å². The van der Waals surface area contributed by atoms with Gasteiger partial charge in [-0.2, -0.15) is 0 Å². The summed E-state index contributed by atoms with van der Waals surface area (Å²) < 4.78 is 31.4. The van der Waals surface area contributed by atoms with E-state index in [1.165, 1.54) is 43.4 Å². The lowest BCUT2D eigenvalue weighted by atomic mass is 10.3. The first kappa shape index (κ1) is 16.2. The van der Waals surface area contributed by atoms with Crippen LogP contribution in [0, 0.1) is 11.6 Å². The second-order valence-electron chi connectivity index (χ2n) is 4.45. The molecule has 120 valence electrons. The second kappa shape index (κ2) is 6.73. The molecule has 2 amide bonds. The number of benzene rings is 2. The zero-order chi connectivity index (χ0) is 17.0. The first-order valence-corrected chi connectivity index (χ1v) is 6.38. The lowest BCUT2D eigenvalue weighted by Gasteiger charge is -2.14. The Bertz CT molecular complexity index is 752. The molecule has 0 saturated heterocycles. The van der Waals surface area contributed by atoms with Crippen LogP contribution in [-0.2, 0) is 0 Å². The monoisotopic (exact) mass is 322 g/mol. The quantitative estimate of drug-likeness (QED) is 0.903. The number of nitrogens with one attached hydrogen (secondary N) is 1. The van der Waals surface area contributed by atoms with Crippen LogP contribution in [0.1, 0.15) is 0 Å². The fourth-order valence-corrected chi connectivity index (χ4v) is 1.71. The number of nitrogens with zero attached hydrogens (tertiary/aromatic N) is 1. The Balaban J connectivity index is 2.10. The largest absolute Gasteiger partial charge is 0.465 e. The summed E-state index contributed by atoms with van der Waals surface area (Å²) in [6.07, 6.45) is -2.22. The Morgan fingerprint density at radius 2 is 1.87 bits per heavy atom. The highest BCUT2D eigenvalue weighted by molar-refractivity contribution is 5.88. The third-order valence-corrected chi connectivity index (χ3v) is 2.89. The molecule has 0 radical (unpaired) electrons. The SMILES string of the molecule is CN(C(=O)O)c1cccc(OC(=O)Nc2cccc(F)c2F)c1. The Labute approximate surface area is 129 Å². The number of amides is 2. The van der Waals surface area contributed by atoms with Gasteiger partial charge in [0.2, 0.25) is 0 Å². The Hall–Kier alpha value is -3.16. The predicted molar refractivity (Wildman–Crippen MR) is 78.9 cm³/mol. The first-order valence-electron chi connectivity index (χ1n) is 6.38. The van der Waals surface area contributed by atoms with E-state index in [2.05, 4.69) is 5.32 Å². The summed E-state index contributed by atoms with van der Waals surface area (Å²) in [5, 5.41) is 11.0. The number of hydrogen-bond donors (Lipinski definition) is 2. The van der Waals surface area contributed by atoms with Crippen molar-refractivity contribution in [3.05, 3.63) is 54.1 Å². The molecule has 0 bridgehead atoms. The lowest BCUT2D eigenvalue weighted by Crippen LogP contribution is -2.24. The number of carboxylic acid groups (broad SMARTS) is 1. The van der Waals surface area contributed by atoms with Gasteiger partial charge in [0, 0.05) is 13.1 Å². The first-order chi connectivity index (χ1) is 10.9. The van der Waals surface area contributed by atoms with Crippen LogP contribution in [0.15, 0.2) is 42.5 Å². The van der Waals surface area contributed by atoms with Crippen LogP contribution in [0.5, 0.6) is 5.75 Å². The van der Waals surface area contributed by atoms with Crippen molar-refractivity contribution in [2.24, 2.45) is 0 Å². The molecule has 0 spiro atoms. The molecule has 6 nitrogen and oxygen atoms in total. The molecule has 8 heteroatoms. The fourth-order valence-electron chi connectivity index (χ4n) is 1.71. The fraction of sp³-hybridized carbons (Fsp3) is 0.0667. The van der Waals surface area contributed by atoms with Gasteiger partial charge >= 0.3 is 12.2 Å². The van der Waals surface area contributed by atoms with Crippen LogP contribution in [0.2, 0.25) is 0 Å². The predicted octanol–water partition coefficient (Wildman–Crippen LogP) is 3.69. The van der Waals surface area contributed by atoms with E-state index < -0.39 is 23.8 Å². The molecule has 0 saturated carbocycles. The molecule has 23 heavy (non-hydrogen) atoms. The van der Waals surface area contributed by atoms with Gasteiger partial charge in [0.25, 0.3) is 0 Å². The summed E-state index contributed by atoms with van der Waals surface area (Å²) in [6, 6.07) is 9.05. The van der Waals surface area contributed by atoms with E-state index >= 15 is 0 Å². The summed E-state index contributed by atoms with van der Waals surface area (Å²) in [5.41, 5.74) is -0.0893. The molecule has 0 aliphatic rings. The molecule has 0 unspecified atom stereocenters. The Morgan fingerprint density at radius 3 is 2.57 bits per heavy atom. The van der Waals surface area contributed by atoms with E-state index in [4.69, 9.17) is 9.84 Å². The number of ether oxygens (including phenoxy) is 1. The molecular weight excluding hydrogens is 310 g/mol. The normalized spacial score (nSPS) is 10.0. The van der Waals surface area contributed by atoms with Gasteiger partial charge < -0.3 is 9.84 Å². The van der Waals surface area contributed by atoms with Crippen LogP contribution in [0.3, 0.4) is 0 Å². The van der Waals surface area contributed by atoms with Crippen molar-refractivity contribution >= 4 is 23.6 Å². The third kappa shape index (κ3) is 3.94. The van der Waals surface area contributed by atoms with E-state index in [-0.39, 0.29) is 17.1 Å². The molecule has 0 aliphatic heterocycles. The Morgan fingerprint density at radius 1 is 1.17 bits per heavy atom. The number of anilines is 2. The highest BCUT2D eigenvalue weighted by atomic mass is 19.2. The van der Waals surface area contributed by atoms with Crippen LogP contribution in [0.4, 0.5) is 29.7 Å². The van der Waals surface area contributed by atoms with Crippen molar-refractivity contribution in [2.45, 2.75) is 0 Å². The zero-order valence-electron chi connectivity index (χ0n) is 11.9. The standard InChI is InChI=1S/C15H12F2N2O4/c1-19(15(21)22)9-4-2-5-10(8-9)23-14(20)18-12-7-3-6-11(16)13(12)17/h2-8H,1H3,(H,18,20)(H,21,22). The minimum atomic E-state index is -1.20. The van der Waals surface area contributed by atoms with Gasteiger partial charge in [0.05, 0.1) is 11.4 Å². The maximum Gasteiger partial charge on any atom is 0.417 e. The highest BCUT2D eigenvalue weighted by Crippen LogP contribution is 2.22. The molecule has 2 aromatic rings. The zero-order valence-corrected chi connectivity index (χ0v) is 11.9. The second-order valence-corrected chi connectivity index (χ2v) is 4.45. The summed E-state index contributed by atoms with van der Waals surface area (Å²) >= 11 is 0. The van der Waals surface area contributed by atoms with Crippen molar-refractivity contribution in [1.29, 1.82) is 0 Å². The maximum absolute atomic E-state index is 13.4. The van der Waals surface area contributed by atoms with E-state index in [0.29, 0.717) is 0 Å². The minimum absolute atomic E-state index is 0.0462. The number of rotatable bonds is 3. The summed E-state index contributed by atoms with van der Waals surface area (Å²) in [7, 11) is 1.32. The molecule has 0 fully saturated rings. The average molecular weight is 322 g/mol. The van der Waals surface area contributed by atoms with E-state index in [0.717, 1.165) is 11.0 Å². The van der Waals surface area contributed by atoms with E-state index in [1.54, 1.807) is 0 Å². The van der Waals surface area contributed by atoms with Crippen LogP contribution in [-0.4, -0.2) is 24.3 Å². The van der Waals surface area contributed by atoms with Gasteiger partial charge in [0.15, 0.2) is 11.6 Å². The molecular formula is C15H12F2N2O4. The van der Waals surface area contributed by atoms with Gasteiger partial charge in [-0.3, -0.25) is 10.2 Å². The Kier molecular flexibility index (Phi) is 4.75. The van der Waals surface area contributed by atoms with Gasteiger partial charge in [-0.1, -0.05) is 12.1 Å². The smallest absolute Gasteiger partial charge is 0.417 e. The van der Waals surface area contributed by atoms with Gasteiger partial charge in [-0.15, -0.1) is 0 Å². The van der Waals surface area contributed by atoms with Gasteiger partial charge in [-0.05, 0) is 24.3 Å². The van der Waals surface area contributed by atoms with Crippen LogP contribution < -0.4 is 15.0 Å². The number of halogens is 2. The number of carbonyl (C=O) groups is 2.